The summed E-state index contributed by atoms with van der Waals surface area (Å²) < 4.78 is 0. The van der Waals surface area contributed by atoms with Crippen LogP contribution >= 0.6 is 0 Å². The predicted molar refractivity (Wildman–Crippen MR) is 135 cm³/mol. The predicted octanol–water partition coefficient (Wildman–Crippen LogP) is 7.80. The van der Waals surface area contributed by atoms with Crippen LogP contribution in [0.2, 0.25) is 0 Å². The fourth-order valence-corrected chi connectivity index (χ4v) is 4.47. The molecule has 3 rings (SSSR count). The highest BCUT2D eigenvalue weighted by Crippen LogP contribution is 2.32. The normalized spacial score (nSPS) is 11.1. The molecule has 1 N–H and O–H groups in total. The summed E-state index contributed by atoms with van der Waals surface area (Å²) in [5, 5.41) is 8.98. The molecule has 0 heterocycles. The maximum atomic E-state index is 8.98. The van der Waals surface area contributed by atoms with E-state index in [1.54, 1.807) is 0 Å². The monoisotopic (exact) mass is 414 g/mol. The van der Waals surface area contributed by atoms with Gasteiger partial charge in [0.2, 0.25) is 0 Å². The van der Waals surface area contributed by atoms with Crippen molar-refractivity contribution in [3.05, 3.63) is 82.9 Å². The van der Waals surface area contributed by atoms with E-state index in [1.807, 2.05) is 0 Å². The second-order valence-corrected chi connectivity index (χ2v) is 8.55. The highest BCUT2D eigenvalue weighted by atomic mass is 16.2. The van der Waals surface area contributed by atoms with Crippen LogP contribution in [-0.2, 0) is 25.7 Å². The number of hydrogen-bond acceptors (Lipinski definition) is 1. The van der Waals surface area contributed by atoms with Gasteiger partial charge in [-0.2, -0.15) is 0 Å². The van der Waals surface area contributed by atoms with Crippen molar-refractivity contribution < 1.29 is 5.11 Å². The summed E-state index contributed by atoms with van der Waals surface area (Å²) in [5.41, 5.74) is 11.0. The molecule has 0 radical (unpaired) electrons. The zero-order chi connectivity index (χ0) is 22.1. The minimum atomic E-state index is 0.303. The summed E-state index contributed by atoms with van der Waals surface area (Å²) in [6.07, 6.45) is 8.67. The number of benzene rings is 3. The number of rotatable bonds is 11. The molecule has 0 atom stereocenters. The first-order valence-corrected chi connectivity index (χ1v) is 12.1. The lowest BCUT2D eigenvalue weighted by molar-refractivity contribution is 0.283. The van der Waals surface area contributed by atoms with Crippen molar-refractivity contribution in [1.29, 1.82) is 0 Å². The van der Waals surface area contributed by atoms with Crippen LogP contribution in [0.15, 0.2) is 60.7 Å². The number of aliphatic hydroxyl groups excluding tert-OH is 1. The Labute approximate surface area is 189 Å². The van der Waals surface area contributed by atoms with Gasteiger partial charge >= 0.3 is 0 Å². The Balaban J connectivity index is 1.86. The van der Waals surface area contributed by atoms with Gasteiger partial charge in [0.25, 0.3) is 0 Å². The smallest absolute Gasteiger partial charge is 0.0431 e. The van der Waals surface area contributed by atoms with Crippen molar-refractivity contribution in [2.45, 2.75) is 72.1 Å². The zero-order valence-corrected chi connectivity index (χ0v) is 19.6. The number of unbranched alkanes of at least 4 members (excludes halogenated alkanes) is 2. The summed E-state index contributed by atoms with van der Waals surface area (Å²) in [6, 6.07) is 23.1. The molecule has 0 aliphatic rings. The van der Waals surface area contributed by atoms with Crippen molar-refractivity contribution in [3.8, 4) is 22.3 Å². The molecule has 0 unspecified atom stereocenters. The van der Waals surface area contributed by atoms with Gasteiger partial charge in [-0.05, 0) is 83.0 Å². The lowest BCUT2D eigenvalue weighted by Crippen LogP contribution is -1.95. The van der Waals surface area contributed by atoms with Gasteiger partial charge in [0.15, 0.2) is 0 Å². The van der Waals surface area contributed by atoms with Gasteiger partial charge in [0, 0.05) is 6.61 Å². The van der Waals surface area contributed by atoms with E-state index in [0.29, 0.717) is 6.61 Å². The summed E-state index contributed by atoms with van der Waals surface area (Å²) in [6.45, 7) is 7.04. The molecule has 164 valence electrons. The van der Waals surface area contributed by atoms with Gasteiger partial charge in [0.05, 0.1) is 0 Å². The second-order valence-electron chi connectivity index (χ2n) is 8.55. The molecule has 0 bridgehead atoms. The molecule has 0 aliphatic carbocycles. The maximum absolute atomic E-state index is 8.98. The largest absolute Gasteiger partial charge is 0.396 e. The van der Waals surface area contributed by atoms with Crippen LogP contribution in [0.5, 0.6) is 0 Å². The van der Waals surface area contributed by atoms with Gasteiger partial charge in [-0.1, -0.05) is 94.3 Å². The lowest BCUT2D eigenvalue weighted by atomic mass is 9.90. The third kappa shape index (κ3) is 6.08. The fourth-order valence-electron chi connectivity index (χ4n) is 4.47. The highest BCUT2D eigenvalue weighted by molar-refractivity contribution is 5.75. The molecule has 31 heavy (non-hydrogen) atoms. The molecule has 3 aromatic rings. The Morgan fingerprint density at radius 1 is 0.581 bits per heavy atom. The lowest BCUT2D eigenvalue weighted by Gasteiger charge is -2.15. The molecule has 0 aromatic heterocycles. The summed E-state index contributed by atoms with van der Waals surface area (Å²) in [4.78, 5) is 0. The van der Waals surface area contributed by atoms with Crippen molar-refractivity contribution >= 4 is 0 Å². The molecule has 1 heteroatoms. The van der Waals surface area contributed by atoms with Gasteiger partial charge in [-0.25, -0.2) is 0 Å². The number of hydrogen-bond donors (Lipinski definition) is 1. The maximum Gasteiger partial charge on any atom is 0.0431 e. The topological polar surface area (TPSA) is 20.2 Å². The third-order valence-electron chi connectivity index (χ3n) is 6.27. The highest BCUT2D eigenvalue weighted by Gasteiger charge is 2.10. The molecular weight excluding hydrogens is 376 g/mol. The van der Waals surface area contributed by atoms with Crippen LogP contribution in [0.25, 0.3) is 22.3 Å². The SMILES string of the molecule is CCCc1ccc(-c2ccc(-c3ccc(CCCCCO)cc3CC)cc2CC)cc1. The second kappa shape index (κ2) is 11.9. The van der Waals surface area contributed by atoms with Crippen LogP contribution in [-0.4, -0.2) is 11.7 Å². The van der Waals surface area contributed by atoms with Crippen molar-refractivity contribution in [3.63, 3.8) is 0 Å². The van der Waals surface area contributed by atoms with E-state index in [1.165, 1.54) is 50.9 Å². The van der Waals surface area contributed by atoms with Crippen LogP contribution in [0, 0.1) is 0 Å². The van der Waals surface area contributed by atoms with Crippen molar-refractivity contribution in [2.24, 2.45) is 0 Å². The molecule has 0 saturated heterocycles. The van der Waals surface area contributed by atoms with Crippen molar-refractivity contribution in [2.75, 3.05) is 6.61 Å². The summed E-state index contributed by atoms with van der Waals surface area (Å²) in [5.74, 6) is 0. The van der Waals surface area contributed by atoms with Gasteiger partial charge in [-0.3, -0.25) is 0 Å². The average Bonchev–Trinajstić information content (AvgIpc) is 2.82. The molecule has 1 nitrogen and oxygen atoms in total. The molecular formula is C30H38O. The van der Waals surface area contributed by atoms with E-state index in [2.05, 4.69) is 81.4 Å². The summed E-state index contributed by atoms with van der Waals surface area (Å²) >= 11 is 0. The van der Waals surface area contributed by atoms with E-state index in [-0.39, 0.29) is 0 Å². The van der Waals surface area contributed by atoms with E-state index >= 15 is 0 Å². The Bertz CT molecular complexity index is 953. The Morgan fingerprint density at radius 2 is 1.19 bits per heavy atom. The molecule has 0 fully saturated rings. The Hall–Kier alpha value is -2.38. The van der Waals surface area contributed by atoms with Crippen LogP contribution < -0.4 is 0 Å². The molecule has 0 spiro atoms. The van der Waals surface area contributed by atoms with Crippen LogP contribution in [0.3, 0.4) is 0 Å². The Morgan fingerprint density at radius 3 is 1.87 bits per heavy atom. The molecule has 3 aromatic carbocycles. The molecule has 0 saturated carbocycles. The van der Waals surface area contributed by atoms with Gasteiger partial charge in [-0.15, -0.1) is 0 Å². The first kappa shape index (κ1) is 23.3. The number of aryl methyl sites for hydroxylation is 4. The van der Waals surface area contributed by atoms with Gasteiger partial charge in [0.1, 0.15) is 0 Å². The molecule has 0 aliphatic heterocycles. The molecule has 0 amide bonds. The number of aliphatic hydroxyl groups is 1. The van der Waals surface area contributed by atoms with E-state index in [0.717, 1.165) is 44.9 Å². The average molecular weight is 415 g/mol. The van der Waals surface area contributed by atoms with Gasteiger partial charge < -0.3 is 5.11 Å². The third-order valence-corrected chi connectivity index (χ3v) is 6.27. The summed E-state index contributed by atoms with van der Waals surface area (Å²) in [7, 11) is 0. The minimum absolute atomic E-state index is 0.303. The van der Waals surface area contributed by atoms with E-state index in [9.17, 15) is 0 Å². The Kier molecular flexibility index (Phi) is 8.91. The van der Waals surface area contributed by atoms with E-state index < -0.39 is 0 Å². The zero-order valence-electron chi connectivity index (χ0n) is 19.6. The van der Waals surface area contributed by atoms with E-state index in [4.69, 9.17) is 5.11 Å². The standard InChI is InChI=1S/C30H38O/c1-4-10-23-12-15-27(16-13-23)29-19-17-28(22-26(29)6-3)30-18-14-24(21-25(30)5-2)11-8-7-9-20-31/h12-19,21-22,31H,4-11,20H2,1-3H3. The first-order valence-electron chi connectivity index (χ1n) is 12.1. The fraction of sp³-hybridized carbons (Fsp3) is 0.400. The van der Waals surface area contributed by atoms with Crippen molar-refractivity contribution in [1.82, 2.24) is 0 Å². The van der Waals surface area contributed by atoms with Crippen LogP contribution in [0.4, 0.5) is 0 Å². The van der Waals surface area contributed by atoms with Crippen LogP contribution in [0.1, 0.15) is 68.7 Å². The minimum Gasteiger partial charge on any atom is -0.396 e. The quantitative estimate of drug-likeness (QED) is 0.317. The first-order chi connectivity index (χ1) is 15.2.